The number of aliphatic hydroxyl groups is 2. The van der Waals surface area contributed by atoms with Crippen molar-refractivity contribution in [2.45, 2.75) is 12.5 Å². The summed E-state index contributed by atoms with van der Waals surface area (Å²) in [5, 5.41) is 18.4. The molecule has 19 heavy (non-hydrogen) atoms. The van der Waals surface area contributed by atoms with Gasteiger partial charge in [-0.1, -0.05) is 0 Å². The summed E-state index contributed by atoms with van der Waals surface area (Å²) >= 11 is 0. The zero-order valence-corrected chi connectivity index (χ0v) is 9.95. The van der Waals surface area contributed by atoms with Crippen molar-refractivity contribution in [3.8, 4) is 0 Å². The van der Waals surface area contributed by atoms with Crippen LogP contribution in [-0.4, -0.2) is 42.4 Å². The van der Waals surface area contributed by atoms with Gasteiger partial charge in [-0.2, -0.15) is 4.98 Å². The van der Waals surface area contributed by atoms with Gasteiger partial charge in [0.1, 0.15) is 6.33 Å². The molecule has 2 heterocycles. The van der Waals surface area contributed by atoms with Crippen molar-refractivity contribution in [1.82, 2.24) is 19.5 Å². The van der Waals surface area contributed by atoms with Crippen LogP contribution >= 0.6 is 0 Å². The summed E-state index contributed by atoms with van der Waals surface area (Å²) in [6.07, 6.45) is 3.19. The predicted octanol–water partition coefficient (Wildman–Crippen LogP) is -1.08. The highest BCUT2D eigenvalue weighted by molar-refractivity contribution is 5.73. The SMILES string of the molecule is Nc1nc2c(ncn2/C=C2/CC2[C@@H](O)CO)c(=O)[nH]1. The number of anilines is 1. The molecule has 1 aliphatic rings. The van der Waals surface area contributed by atoms with Crippen LogP contribution in [-0.2, 0) is 0 Å². The summed E-state index contributed by atoms with van der Waals surface area (Å²) in [6, 6.07) is 0. The number of aliphatic hydroxyl groups excluding tert-OH is 2. The average Bonchev–Trinajstić information content (AvgIpc) is 3.02. The highest BCUT2D eigenvalue weighted by atomic mass is 16.3. The van der Waals surface area contributed by atoms with Crippen LogP contribution in [0.3, 0.4) is 0 Å². The van der Waals surface area contributed by atoms with Crippen LogP contribution in [0.25, 0.3) is 17.4 Å². The molecule has 2 aromatic rings. The molecule has 0 amide bonds. The van der Waals surface area contributed by atoms with Gasteiger partial charge in [0.25, 0.3) is 5.56 Å². The number of hydrogen-bond donors (Lipinski definition) is 4. The lowest BCUT2D eigenvalue weighted by atomic mass is 10.2. The maximum atomic E-state index is 11.6. The van der Waals surface area contributed by atoms with Gasteiger partial charge < -0.3 is 15.9 Å². The third kappa shape index (κ3) is 2.00. The third-order valence-electron chi connectivity index (χ3n) is 3.18. The Morgan fingerprint density at radius 1 is 1.68 bits per heavy atom. The standard InChI is InChI=1S/C11H13N5O3/c12-11-14-9-8(10(19)15-11)13-4-16(9)2-5-1-6(5)7(18)3-17/h2,4,6-7,17-18H,1,3H2,(H3,12,14,15,19)/b5-2-/t6?,7-/m0/s1. The molecule has 1 fully saturated rings. The van der Waals surface area contributed by atoms with E-state index in [1.54, 1.807) is 10.8 Å². The van der Waals surface area contributed by atoms with E-state index in [9.17, 15) is 9.90 Å². The number of rotatable bonds is 3. The van der Waals surface area contributed by atoms with Crippen LogP contribution in [0.15, 0.2) is 16.7 Å². The first-order valence-electron chi connectivity index (χ1n) is 5.82. The minimum atomic E-state index is -0.748. The van der Waals surface area contributed by atoms with Crippen molar-refractivity contribution in [2.24, 2.45) is 5.92 Å². The summed E-state index contributed by atoms with van der Waals surface area (Å²) < 4.78 is 1.60. The number of nitrogens with zero attached hydrogens (tertiary/aromatic N) is 3. The summed E-state index contributed by atoms with van der Waals surface area (Å²) in [5.41, 5.74) is 6.67. The maximum absolute atomic E-state index is 11.6. The summed E-state index contributed by atoms with van der Waals surface area (Å²) in [5.74, 6) is -0.0119. The van der Waals surface area contributed by atoms with Crippen molar-refractivity contribution < 1.29 is 10.2 Å². The zero-order chi connectivity index (χ0) is 13.6. The Morgan fingerprint density at radius 2 is 2.47 bits per heavy atom. The number of aromatic nitrogens is 4. The number of imidazole rings is 1. The van der Waals surface area contributed by atoms with Crippen LogP contribution in [0.4, 0.5) is 5.95 Å². The summed E-state index contributed by atoms with van der Waals surface area (Å²) in [4.78, 5) is 22.0. The minimum absolute atomic E-state index is 0.0281. The van der Waals surface area contributed by atoms with Gasteiger partial charge in [-0.3, -0.25) is 14.3 Å². The smallest absolute Gasteiger partial charge is 0.280 e. The molecule has 1 unspecified atom stereocenters. The van der Waals surface area contributed by atoms with E-state index in [0.717, 1.165) is 5.57 Å². The molecule has 1 saturated carbocycles. The largest absolute Gasteiger partial charge is 0.394 e. The van der Waals surface area contributed by atoms with Gasteiger partial charge in [0.2, 0.25) is 5.95 Å². The van der Waals surface area contributed by atoms with Crippen molar-refractivity contribution in [2.75, 3.05) is 12.3 Å². The number of aromatic amines is 1. The first-order valence-corrected chi connectivity index (χ1v) is 5.82. The maximum Gasteiger partial charge on any atom is 0.280 e. The van der Waals surface area contributed by atoms with Crippen molar-refractivity contribution in [3.05, 3.63) is 22.3 Å². The van der Waals surface area contributed by atoms with E-state index in [2.05, 4.69) is 15.0 Å². The highest BCUT2D eigenvalue weighted by Crippen LogP contribution is 2.41. The topological polar surface area (TPSA) is 130 Å². The Morgan fingerprint density at radius 3 is 3.21 bits per heavy atom. The first kappa shape index (κ1) is 11.9. The monoisotopic (exact) mass is 263 g/mol. The molecule has 2 aromatic heterocycles. The molecule has 5 N–H and O–H groups in total. The molecule has 2 atom stereocenters. The van der Waals surface area contributed by atoms with Crippen LogP contribution in [0, 0.1) is 5.92 Å². The lowest BCUT2D eigenvalue weighted by molar-refractivity contribution is 0.0815. The summed E-state index contributed by atoms with van der Waals surface area (Å²) in [7, 11) is 0. The third-order valence-corrected chi connectivity index (χ3v) is 3.18. The highest BCUT2D eigenvalue weighted by Gasteiger charge is 2.36. The molecule has 0 bridgehead atoms. The number of hydrogen-bond acceptors (Lipinski definition) is 6. The Hall–Kier alpha value is -2.19. The Labute approximate surface area is 107 Å². The van der Waals surface area contributed by atoms with Gasteiger partial charge in [0.05, 0.1) is 12.7 Å². The molecule has 0 radical (unpaired) electrons. The van der Waals surface area contributed by atoms with Crippen molar-refractivity contribution in [3.63, 3.8) is 0 Å². The molecule has 1 aliphatic carbocycles. The normalized spacial score (nSPS) is 22.0. The molecule has 100 valence electrons. The Balaban J connectivity index is 2.00. The van der Waals surface area contributed by atoms with Gasteiger partial charge >= 0.3 is 0 Å². The lowest BCUT2D eigenvalue weighted by Gasteiger charge is -2.01. The van der Waals surface area contributed by atoms with Gasteiger partial charge in [-0.05, 0) is 12.0 Å². The lowest BCUT2D eigenvalue weighted by Crippen LogP contribution is -2.14. The number of H-pyrrole nitrogens is 1. The molecule has 3 rings (SSSR count). The Bertz CT molecular complexity index is 717. The molecular formula is C11H13N5O3. The number of fused-ring (bicyclic) bond motifs is 1. The van der Waals surface area contributed by atoms with Crippen LogP contribution in [0.2, 0.25) is 0 Å². The van der Waals surface area contributed by atoms with E-state index in [-0.39, 0.29) is 29.5 Å². The van der Waals surface area contributed by atoms with Gasteiger partial charge in [-0.15, -0.1) is 0 Å². The summed E-state index contributed by atoms with van der Waals surface area (Å²) in [6.45, 7) is -0.266. The molecule has 0 aliphatic heterocycles. The van der Waals surface area contributed by atoms with E-state index >= 15 is 0 Å². The quantitative estimate of drug-likeness (QED) is 0.557. The van der Waals surface area contributed by atoms with E-state index in [1.807, 2.05) is 0 Å². The van der Waals surface area contributed by atoms with Crippen molar-refractivity contribution >= 4 is 23.3 Å². The zero-order valence-electron chi connectivity index (χ0n) is 9.95. The first-order chi connectivity index (χ1) is 9.10. The van der Waals surface area contributed by atoms with Crippen LogP contribution < -0.4 is 11.3 Å². The Kier molecular flexibility index (Phi) is 2.61. The van der Waals surface area contributed by atoms with E-state index in [1.165, 1.54) is 6.33 Å². The van der Waals surface area contributed by atoms with E-state index < -0.39 is 6.10 Å². The van der Waals surface area contributed by atoms with Crippen molar-refractivity contribution in [1.29, 1.82) is 0 Å². The number of nitrogens with one attached hydrogen (secondary N) is 1. The fourth-order valence-corrected chi connectivity index (χ4v) is 2.07. The fraction of sp³-hybridized carbons (Fsp3) is 0.364. The minimum Gasteiger partial charge on any atom is -0.394 e. The molecule has 0 aromatic carbocycles. The predicted molar refractivity (Wildman–Crippen MR) is 68.0 cm³/mol. The van der Waals surface area contributed by atoms with Gasteiger partial charge in [0, 0.05) is 12.1 Å². The molecule has 8 nitrogen and oxygen atoms in total. The fourth-order valence-electron chi connectivity index (χ4n) is 2.07. The molecule has 0 saturated heterocycles. The van der Waals surface area contributed by atoms with E-state index in [4.69, 9.17) is 10.8 Å². The second-order valence-electron chi connectivity index (χ2n) is 4.54. The second-order valence-corrected chi connectivity index (χ2v) is 4.54. The number of nitrogens with two attached hydrogens (primary N) is 1. The average molecular weight is 263 g/mol. The number of nitrogen functional groups attached to an aromatic ring is 1. The van der Waals surface area contributed by atoms with E-state index in [0.29, 0.717) is 12.1 Å². The van der Waals surface area contributed by atoms with Gasteiger partial charge in [0.15, 0.2) is 11.2 Å². The van der Waals surface area contributed by atoms with Crippen LogP contribution in [0.1, 0.15) is 6.42 Å². The second kappa shape index (κ2) is 4.18. The molecule has 0 spiro atoms. The van der Waals surface area contributed by atoms with Gasteiger partial charge in [-0.25, -0.2) is 4.98 Å². The van der Waals surface area contributed by atoms with Crippen LogP contribution in [0.5, 0.6) is 0 Å². The molecule has 8 heteroatoms. The molecular weight excluding hydrogens is 250 g/mol.